The average Bonchev–Trinajstić information content (AvgIpc) is 3.32. The predicted molar refractivity (Wildman–Crippen MR) is 116 cm³/mol. The molecule has 1 N–H and O–H groups in total. The lowest BCUT2D eigenvalue weighted by Crippen LogP contribution is -2.51. The molecule has 5 rings (SSSR count). The minimum Gasteiger partial charge on any atom is -0.381 e. The molecule has 2 aliphatic rings. The van der Waals surface area contributed by atoms with E-state index in [-0.39, 0.29) is 5.91 Å². The molecule has 4 heterocycles. The summed E-state index contributed by atoms with van der Waals surface area (Å²) in [6, 6.07) is 8.28. The Hall–Kier alpha value is -2.60. The van der Waals surface area contributed by atoms with E-state index in [4.69, 9.17) is 9.72 Å². The third kappa shape index (κ3) is 3.76. The molecule has 3 aromatic rings. The standard InChI is InChI=1S/C24H30N4O2/c1-17-12-26-24(19-8-10-30-11-9-19)28(17)16-18-14-27(15-18)23(29)7-6-20-13-25-22-5-3-2-4-21(20)22/h2-5,12-13,18-19,25H,6-11,14-16H2,1H3. The van der Waals surface area contributed by atoms with E-state index in [9.17, 15) is 4.79 Å². The van der Waals surface area contributed by atoms with Crippen molar-refractivity contribution in [3.05, 3.63) is 53.7 Å². The fourth-order valence-corrected chi connectivity index (χ4v) is 4.88. The van der Waals surface area contributed by atoms with Crippen LogP contribution in [0.1, 0.15) is 42.3 Å². The van der Waals surface area contributed by atoms with Crippen LogP contribution in [0.25, 0.3) is 10.9 Å². The van der Waals surface area contributed by atoms with Crippen LogP contribution in [0.2, 0.25) is 0 Å². The number of imidazole rings is 1. The van der Waals surface area contributed by atoms with Crippen LogP contribution in [0.4, 0.5) is 0 Å². The highest BCUT2D eigenvalue weighted by Crippen LogP contribution is 2.29. The molecule has 1 aromatic carbocycles. The summed E-state index contributed by atoms with van der Waals surface area (Å²) in [6.45, 7) is 6.48. The molecular formula is C24H30N4O2. The molecule has 0 atom stereocenters. The normalized spacial score (nSPS) is 18.1. The first kappa shape index (κ1) is 19.4. The number of aryl methyl sites for hydroxylation is 2. The van der Waals surface area contributed by atoms with Crippen molar-refractivity contribution in [1.82, 2.24) is 19.4 Å². The Bertz CT molecular complexity index is 1020. The Labute approximate surface area is 177 Å². The van der Waals surface area contributed by atoms with E-state index in [0.717, 1.165) is 57.6 Å². The van der Waals surface area contributed by atoms with Crippen molar-refractivity contribution in [2.24, 2.45) is 5.92 Å². The number of benzene rings is 1. The number of para-hydroxylation sites is 1. The van der Waals surface area contributed by atoms with Crippen LogP contribution in [-0.4, -0.2) is 51.6 Å². The lowest BCUT2D eigenvalue weighted by molar-refractivity contribution is -0.137. The molecule has 0 unspecified atom stereocenters. The molecule has 0 saturated carbocycles. The van der Waals surface area contributed by atoms with E-state index in [0.29, 0.717) is 18.3 Å². The number of nitrogens with one attached hydrogen (secondary N) is 1. The maximum Gasteiger partial charge on any atom is 0.222 e. The summed E-state index contributed by atoms with van der Waals surface area (Å²) in [6.07, 6.45) is 7.51. The summed E-state index contributed by atoms with van der Waals surface area (Å²) in [5.41, 5.74) is 3.59. The molecule has 0 aliphatic carbocycles. The van der Waals surface area contributed by atoms with Crippen LogP contribution >= 0.6 is 0 Å². The number of ether oxygens (including phenoxy) is 1. The molecule has 0 radical (unpaired) electrons. The van der Waals surface area contributed by atoms with Crippen molar-refractivity contribution >= 4 is 16.8 Å². The zero-order chi connectivity index (χ0) is 20.5. The Kier molecular flexibility index (Phi) is 5.34. The topological polar surface area (TPSA) is 63.1 Å². The predicted octanol–water partition coefficient (Wildman–Crippen LogP) is 3.66. The monoisotopic (exact) mass is 406 g/mol. The highest BCUT2D eigenvalue weighted by Gasteiger charge is 2.32. The van der Waals surface area contributed by atoms with Gasteiger partial charge in [0, 0.05) is 80.1 Å². The first-order valence-corrected chi connectivity index (χ1v) is 11.1. The molecular weight excluding hydrogens is 376 g/mol. The summed E-state index contributed by atoms with van der Waals surface area (Å²) >= 11 is 0. The van der Waals surface area contributed by atoms with E-state index in [1.54, 1.807) is 0 Å². The number of aromatic amines is 1. The van der Waals surface area contributed by atoms with Crippen LogP contribution in [-0.2, 0) is 22.5 Å². The van der Waals surface area contributed by atoms with Gasteiger partial charge in [-0.3, -0.25) is 4.79 Å². The molecule has 1 amide bonds. The number of likely N-dealkylation sites (tertiary alicyclic amines) is 1. The molecule has 6 nitrogen and oxygen atoms in total. The first-order chi connectivity index (χ1) is 14.7. The van der Waals surface area contributed by atoms with Crippen LogP contribution < -0.4 is 0 Å². The summed E-state index contributed by atoms with van der Waals surface area (Å²) in [5, 5.41) is 1.23. The fourth-order valence-electron chi connectivity index (χ4n) is 4.88. The molecule has 2 aliphatic heterocycles. The number of aromatic nitrogens is 3. The Balaban J connectivity index is 1.14. The Morgan fingerprint density at radius 3 is 2.87 bits per heavy atom. The lowest BCUT2D eigenvalue weighted by atomic mass is 9.96. The second-order valence-corrected chi connectivity index (χ2v) is 8.78. The van der Waals surface area contributed by atoms with Gasteiger partial charge >= 0.3 is 0 Å². The van der Waals surface area contributed by atoms with E-state index in [2.05, 4.69) is 28.6 Å². The zero-order valence-corrected chi connectivity index (χ0v) is 17.6. The van der Waals surface area contributed by atoms with Gasteiger partial charge in [-0.25, -0.2) is 4.98 Å². The van der Waals surface area contributed by atoms with Gasteiger partial charge in [0.05, 0.1) is 0 Å². The smallest absolute Gasteiger partial charge is 0.222 e. The van der Waals surface area contributed by atoms with Crippen molar-refractivity contribution in [2.75, 3.05) is 26.3 Å². The average molecular weight is 407 g/mol. The summed E-state index contributed by atoms with van der Waals surface area (Å²) in [5.74, 6) is 2.50. The number of hydrogen-bond acceptors (Lipinski definition) is 3. The van der Waals surface area contributed by atoms with Gasteiger partial charge < -0.3 is 19.2 Å². The number of rotatable bonds is 6. The Morgan fingerprint density at radius 2 is 2.03 bits per heavy atom. The minimum atomic E-state index is 0.267. The molecule has 2 aromatic heterocycles. The molecule has 30 heavy (non-hydrogen) atoms. The summed E-state index contributed by atoms with van der Waals surface area (Å²) < 4.78 is 7.90. The number of carbonyl (C=O) groups is 1. The summed E-state index contributed by atoms with van der Waals surface area (Å²) in [7, 11) is 0. The zero-order valence-electron chi connectivity index (χ0n) is 17.6. The van der Waals surface area contributed by atoms with Crippen LogP contribution in [0.3, 0.4) is 0 Å². The highest BCUT2D eigenvalue weighted by molar-refractivity contribution is 5.84. The van der Waals surface area contributed by atoms with Gasteiger partial charge in [0.1, 0.15) is 5.82 Å². The van der Waals surface area contributed by atoms with Gasteiger partial charge in [0.2, 0.25) is 5.91 Å². The van der Waals surface area contributed by atoms with E-state index >= 15 is 0 Å². The number of H-pyrrole nitrogens is 1. The largest absolute Gasteiger partial charge is 0.381 e. The van der Waals surface area contributed by atoms with Crippen molar-refractivity contribution in [3.63, 3.8) is 0 Å². The van der Waals surface area contributed by atoms with Crippen molar-refractivity contribution in [1.29, 1.82) is 0 Å². The van der Waals surface area contributed by atoms with E-state index in [1.807, 2.05) is 29.4 Å². The van der Waals surface area contributed by atoms with Crippen molar-refractivity contribution in [2.45, 2.75) is 45.1 Å². The van der Waals surface area contributed by atoms with E-state index < -0.39 is 0 Å². The number of amides is 1. The maximum absolute atomic E-state index is 12.7. The molecule has 2 saturated heterocycles. The highest BCUT2D eigenvalue weighted by atomic mass is 16.5. The second-order valence-electron chi connectivity index (χ2n) is 8.78. The minimum absolute atomic E-state index is 0.267. The molecule has 158 valence electrons. The molecule has 0 spiro atoms. The molecule has 0 bridgehead atoms. The van der Waals surface area contributed by atoms with E-state index in [1.165, 1.54) is 22.5 Å². The number of hydrogen-bond donors (Lipinski definition) is 1. The van der Waals surface area contributed by atoms with Crippen molar-refractivity contribution in [3.8, 4) is 0 Å². The summed E-state index contributed by atoms with van der Waals surface area (Å²) in [4.78, 5) is 22.7. The second kappa shape index (κ2) is 8.26. The number of fused-ring (bicyclic) bond motifs is 1. The van der Waals surface area contributed by atoms with Crippen LogP contribution in [0.5, 0.6) is 0 Å². The van der Waals surface area contributed by atoms with Crippen LogP contribution in [0.15, 0.2) is 36.7 Å². The molecule has 6 heteroatoms. The van der Waals surface area contributed by atoms with Gasteiger partial charge in [0.25, 0.3) is 0 Å². The van der Waals surface area contributed by atoms with Crippen LogP contribution in [0, 0.1) is 12.8 Å². The fraction of sp³-hybridized carbons (Fsp3) is 0.500. The third-order valence-corrected chi connectivity index (χ3v) is 6.71. The Morgan fingerprint density at radius 1 is 1.23 bits per heavy atom. The van der Waals surface area contributed by atoms with Crippen molar-refractivity contribution < 1.29 is 9.53 Å². The maximum atomic E-state index is 12.7. The van der Waals surface area contributed by atoms with Gasteiger partial charge in [-0.15, -0.1) is 0 Å². The number of nitrogens with zero attached hydrogens (tertiary/aromatic N) is 3. The first-order valence-electron chi connectivity index (χ1n) is 11.1. The lowest BCUT2D eigenvalue weighted by Gasteiger charge is -2.40. The third-order valence-electron chi connectivity index (χ3n) is 6.71. The SMILES string of the molecule is Cc1cnc(C2CCOCC2)n1CC1CN(C(=O)CCc2c[nH]c3ccccc23)C1. The molecule has 2 fully saturated rings. The van der Waals surface area contributed by atoms with Gasteiger partial charge in [-0.1, -0.05) is 18.2 Å². The van der Waals surface area contributed by atoms with Gasteiger partial charge in [-0.05, 0) is 37.8 Å². The van der Waals surface area contributed by atoms with Gasteiger partial charge in [-0.2, -0.15) is 0 Å². The van der Waals surface area contributed by atoms with Gasteiger partial charge in [0.15, 0.2) is 0 Å². The quantitative estimate of drug-likeness (QED) is 0.680. The number of carbonyl (C=O) groups excluding carboxylic acids is 1.